The lowest BCUT2D eigenvalue weighted by Gasteiger charge is -2.08. The summed E-state index contributed by atoms with van der Waals surface area (Å²) >= 11 is 3.53. The summed E-state index contributed by atoms with van der Waals surface area (Å²) in [6.45, 7) is 0.126. The molecule has 31 heavy (non-hydrogen) atoms. The van der Waals surface area contributed by atoms with Crippen LogP contribution in [-0.2, 0) is 20.6 Å². The van der Waals surface area contributed by atoms with E-state index in [-0.39, 0.29) is 6.54 Å². The fourth-order valence-electron chi connectivity index (χ4n) is 3.69. The number of nitrogens with zero attached hydrogens (tertiary/aromatic N) is 5. The average Bonchev–Trinajstić information content (AvgIpc) is 3.32. The van der Waals surface area contributed by atoms with E-state index in [2.05, 4.69) is 36.2 Å². The van der Waals surface area contributed by atoms with Crippen molar-refractivity contribution in [3.8, 4) is 0 Å². The lowest BCUT2D eigenvalue weighted by Crippen LogP contribution is -2.39. The van der Waals surface area contributed by atoms with Crippen LogP contribution >= 0.6 is 15.9 Å². The van der Waals surface area contributed by atoms with Gasteiger partial charge in [-0.2, -0.15) is 4.98 Å². The molecule has 9 nitrogen and oxygen atoms in total. The minimum absolute atomic E-state index is 0.126. The van der Waals surface area contributed by atoms with Crippen LogP contribution in [0.5, 0.6) is 0 Å². The molecule has 0 saturated carbocycles. The molecule has 0 spiro atoms. The van der Waals surface area contributed by atoms with Crippen LogP contribution in [0.25, 0.3) is 22.1 Å². The third kappa shape index (κ3) is 3.15. The number of aryl methyl sites for hydroxylation is 2. The molecule has 4 heterocycles. The first-order chi connectivity index (χ1) is 14.9. The van der Waals surface area contributed by atoms with E-state index in [4.69, 9.17) is 0 Å². The third-order valence-corrected chi connectivity index (χ3v) is 5.98. The first-order valence-corrected chi connectivity index (χ1v) is 10.3. The van der Waals surface area contributed by atoms with Gasteiger partial charge in [0.05, 0.1) is 6.54 Å². The van der Waals surface area contributed by atoms with E-state index in [0.29, 0.717) is 17.1 Å². The first-order valence-electron chi connectivity index (χ1n) is 9.53. The van der Waals surface area contributed by atoms with Crippen LogP contribution in [0.4, 0.5) is 11.6 Å². The molecule has 0 bridgehead atoms. The van der Waals surface area contributed by atoms with Gasteiger partial charge in [-0.05, 0) is 30.3 Å². The zero-order valence-electron chi connectivity index (χ0n) is 16.8. The van der Waals surface area contributed by atoms with Crippen LogP contribution in [0, 0.1) is 0 Å². The van der Waals surface area contributed by atoms with E-state index in [1.54, 1.807) is 43.2 Å². The molecule has 0 radical (unpaired) electrons. The van der Waals surface area contributed by atoms with Crippen LogP contribution in [0.15, 0.2) is 62.9 Å². The van der Waals surface area contributed by atoms with Crippen molar-refractivity contribution in [2.24, 2.45) is 14.1 Å². The van der Waals surface area contributed by atoms with Gasteiger partial charge in [0.15, 0.2) is 11.2 Å². The van der Waals surface area contributed by atoms with Gasteiger partial charge in [-0.3, -0.25) is 18.9 Å². The quantitative estimate of drug-likeness (QED) is 0.412. The highest BCUT2D eigenvalue weighted by Gasteiger charge is 2.19. The molecule has 0 atom stereocenters. The number of aromatic nitrogens is 6. The standard InChI is InChI=1S/C21H18BrN7O2/c1-27-17-18(26-20(27)25-12-6-8-23-9-7-12)28(2)21(31)29(19(17)30)11-13-10-14-15(22)4-3-5-16(14)24-13/h3-10,24H,11H2,1-2H3,(H,23,25,26). The zero-order valence-corrected chi connectivity index (χ0v) is 18.3. The van der Waals surface area contributed by atoms with Gasteiger partial charge in [-0.25, -0.2) is 4.79 Å². The Bertz CT molecular complexity index is 1560. The number of H-pyrrole nitrogens is 1. The molecule has 0 amide bonds. The van der Waals surface area contributed by atoms with Gasteiger partial charge in [0.1, 0.15) is 0 Å². The zero-order chi connectivity index (χ0) is 21.7. The molecule has 0 fully saturated rings. The number of nitrogens with one attached hydrogen (secondary N) is 2. The number of fused-ring (bicyclic) bond motifs is 2. The minimum atomic E-state index is -0.427. The van der Waals surface area contributed by atoms with Gasteiger partial charge in [-0.15, -0.1) is 0 Å². The topological polar surface area (TPSA) is 103 Å². The Morgan fingerprint density at radius 2 is 1.87 bits per heavy atom. The molecular formula is C21H18BrN7O2. The Kier molecular flexibility index (Phi) is 4.51. The average molecular weight is 480 g/mol. The largest absolute Gasteiger partial charge is 0.357 e. The van der Waals surface area contributed by atoms with E-state index in [1.807, 2.05) is 24.3 Å². The number of benzene rings is 1. The van der Waals surface area contributed by atoms with Gasteiger partial charge in [-0.1, -0.05) is 22.0 Å². The Morgan fingerprint density at radius 1 is 1.10 bits per heavy atom. The van der Waals surface area contributed by atoms with Crippen LogP contribution in [-0.4, -0.2) is 28.7 Å². The SMILES string of the molecule is Cn1c(Nc2ccncc2)nc2c1c(=O)n(Cc1cc3c(Br)cccc3[nH]1)c(=O)n2C. The second-order valence-electron chi connectivity index (χ2n) is 7.26. The molecule has 1 aromatic carbocycles. The van der Waals surface area contributed by atoms with Crippen molar-refractivity contribution in [2.75, 3.05) is 5.32 Å². The molecule has 0 saturated heterocycles. The van der Waals surface area contributed by atoms with Gasteiger partial charge < -0.3 is 14.9 Å². The van der Waals surface area contributed by atoms with Crippen LogP contribution in [0.1, 0.15) is 5.69 Å². The highest BCUT2D eigenvalue weighted by molar-refractivity contribution is 9.10. The summed E-state index contributed by atoms with van der Waals surface area (Å²) in [5.74, 6) is 0.459. The van der Waals surface area contributed by atoms with Crippen molar-refractivity contribution in [1.29, 1.82) is 0 Å². The minimum Gasteiger partial charge on any atom is -0.357 e. The maximum absolute atomic E-state index is 13.3. The third-order valence-electron chi connectivity index (χ3n) is 5.29. The number of pyridine rings is 1. The molecule has 4 aromatic heterocycles. The number of hydrogen-bond donors (Lipinski definition) is 2. The Hall–Kier alpha value is -3.66. The molecule has 0 aliphatic carbocycles. The number of imidazole rings is 1. The monoisotopic (exact) mass is 479 g/mol. The number of rotatable bonds is 4. The summed E-state index contributed by atoms with van der Waals surface area (Å²) in [6.07, 6.45) is 3.32. The van der Waals surface area contributed by atoms with Crippen molar-refractivity contribution in [3.63, 3.8) is 0 Å². The summed E-state index contributed by atoms with van der Waals surface area (Å²) in [5.41, 5.74) is 2.32. The molecule has 5 rings (SSSR count). The maximum Gasteiger partial charge on any atom is 0.332 e. The van der Waals surface area contributed by atoms with E-state index < -0.39 is 11.2 Å². The van der Waals surface area contributed by atoms with Crippen molar-refractivity contribution in [3.05, 3.63) is 79.8 Å². The van der Waals surface area contributed by atoms with Gasteiger partial charge in [0, 0.05) is 53.2 Å². The summed E-state index contributed by atoms with van der Waals surface area (Å²) < 4.78 is 5.23. The predicted molar refractivity (Wildman–Crippen MR) is 123 cm³/mol. The summed E-state index contributed by atoms with van der Waals surface area (Å²) in [4.78, 5) is 38.1. The number of aromatic amines is 1. The molecule has 0 unspecified atom stereocenters. The lowest BCUT2D eigenvalue weighted by molar-refractivity contribution is 0.648. The highest BCUT2D eigenvalue weighted by Crippen LogP contribution is 2.24. The lowest BCUT2D eigenvalue weighted by atomic mass is 10.2. The molecule has 0 aliphatic heterocycles. The van der Waals surface area contributed by atoms with Crippen molar-refractivity contribution < 1.29 is 0 Å². The van der Waals surface area contributed by atoms with Crippen LogP contribution < -0.4 is 16.6 Å². The van der Waals surface area contributed by atoms with Crippen LogP contribution in [0.2, 0.25) is 0 Å². The summed E-state index contributed by atoms with van der Waals surface area (Å²) in [7, 11) is 3.36. The van der Waals surface area contributed by atoms with E-state index in [1.165, 1.54) is 9.13 Å². The fraction of sp³-hybridized carbons (Fsp3) is 0.143. The molecule has 5 aromatic rings. The molecule has 0 aliphatic rings. The van der Waals surface area contributed by atoms with E-state index >= 15 is 0 Å². The van der Waals surface area contributed by atoms with Crippen molar-refractivity contribution in [2.45, 2.75) is 6.54 Å². The molecule has 2 N–H and O–H groups in total. The molecular weight excluding hydrogens is 462 g/mol. The van der Waals surface area contributed by atoms with Crippen molar-refractivity contribution >= 4 is 49.6 Å². The normalized spacial score (nSPS) is 11.5. The van der Waals surface area contributed by atoms with Crippen LogP contribution in [0.3, 0.4) is 0 Å². The van der Waals surface area contributed by atoms with Gasteiger partial charge in [0.25, 0.3) is 5.56 Å². The smallest absolute Gasteiger partial charge is 0.332 e. The second kappa shape index (κ2) is 7.24. The summed E-state index contributed by atoms with van der Waals surface area (Å²) in [5, 5.41) is 4.16. The van der Waals surface area contributed by atoms with Gasteiger partial charge in [0.2, 0.25) is 5.95 Å². The second-order valence-corrected chi connectivity index (χ2v) is 8.11. The molecule has 10 heteroatoms. The summed E-state index contributed by atoms with van der Waals surface area (Å²) in [6, 6.07) is 11.4. The Balaban J connectivity index is 1.63. The highest BCUT2D eigenvalue weighted by atomic mass is 79.9. The van der Waals surface area contributed by atoms with E-state index in [9.17, 15) is 9.59 Å². The predicted octanol–water partition coefficient (Wildman–Crippen LogP) is 2.86. The number of hydrogen-bond acceptors (Lipinski definition) is 5. The van der Waals surface area contributed by atoms with E-state index in [0.717, 1.165) is 26.8 Å². The Labute approximate surface area is 184 Å². The van der Waals surface area contributed by atoms with Crippen molar-refractivity contribution in [1.82, 2.24) is 28.7 Å². The number of halogens is 1. The maximum atomic E-state index is 13.3. The number of anilines is 2. The fourth-order valence-corrected chi connectivity index (χ4v) is 4.17. The molecule has 156 valence electrons. The first kappa shape index (κ1) is 19.3. The van der Waals surface area contributed by atoms with Gasteiger partial charge >= 0.3 is 5.69 Å². The Morgan fingerprint density at radius 3 is 2.61 bits per heavy atom.